The average molecular weight is 170 g/mol. The highest BCUT2D eigenvalue weighted by atomic mass is 32.2. The molecule has 0 atom stereocenters. The molecule has 0 fully saturated rings. The molecule has 0 N–H and O–H groups in total. The molecule has 0 saturated carbocycles. The van der Waals surface area contributed by atoms with E-state index < -0.39 is 0 Å². The first kappa shape index (κ1) is 8.40. The van der Waals surface area contributed by atoms with Crippen molar-refractivity contribution in [3.05, 3.63) is 23.1 Å². The van der Waals surface area contributed by atoms with E-state index in [9.17, 15) is 4.79 Å². The van der Waals surface area contributed by atoms with Crippen LogP contribution in [0.15, 0.2) is 23.1 Å². The van der Waals surface area contributed by atoms with Gasteiger partial charge in [0.2, 0.25) is 0 Å². The normalized spacial score (nSPS) is 15.9. The second-order valence-corrected chi connectivity index (χ2v) is 2.95. The molecular formula is C8H10O2S. The first-order valence-corrected chi connectivity index (χ1v) is 4.55. The first-order chi connectivity index (χ1) is 5.34. The van der Waals surface area contributed by atoms with Crippen molar-refractivity contribution < 1.29 is 9.53 Å². The largest absolute Gasteiger partial charge is 0.462 e. The van der Waals surface area contributed by atoms with Gasteiger partial charge in [-0.3, -0.25) is 0 Å². The molecule has 0 aliphatic carbocycles. The zero-order valence-electron chi connectivity index (χ0n) is 6.37. The molecule has 60 valence electrons. The Morgan fingerprint density at radius 1 is 1.82 bits per heavy atom. The number of rotatable bonds is 2. The van der Waals surface area contributed by atoms with Crippen molar-refractivity contribution in [1.82, 2.24) is 0 Å². The van der Waals surface area contributed by atoms with Crippen molar-refractivity contribution in [3.8, 4) is 0 Å². The quantitative estimate of drug-likeness (QED) is 0.590. The van der Waals surface area contributed by atoms with Crippen LogP contribution in [0.25, 0.3) is 0 Å². The summed E-state index contributed by atoms with van der Waals surface area (Å²) >= 11 is 1.67. The molecule has 2 nitrogen and oxygen atoms in total. The van der Waals surface area contributed by atoms with Gasteiger partial charge in [0.15, 0.2) is 0 Å². The van der Waals surface area contributed by atoms with E-state index in [0.29, 0.717) is 12.2 Å². The van der Waals surface area contributed by atoms with E-state index in [1.54, 1.807) is 24.8 Å². The van der Waals surface area contributed by atoms with Crippen LogP contribution < -0.4 is 0 Å². The van der Waals surface area contributed by atoms with Crippen LogP contribution in [-0.2, 0) is 9.53 Å². The summed E-state index contributed by atoms with van der Waals surface area (Å²) in [5.41, 5.74) is 0.672. The van der Waals surface area contributed by atoms with Gasteiger partial charge in [-0.2, -0.15) is 0 Å². The highest BCUT2D eigenvalue weighted by Gasteiger charge is 2.07. The van der Waals surface area contributed by atoms with E-state index >= 15 is 0 Å². The number of carbonyl (C=O) groups is 1. The van der Waals surface area contributed by atoms with Crippen molar-refractivity contribution in [2.45, 2.75) is 6.92 Å². The molecule has 0 aromatic rings. The number of esters is 1. The Hall–Kier alpha value is -0.700. The summed E-state index contributed by atoms with van der Waals surface area (Å²) in [6, 6.07) is 0. The Morgan fingerprint density at radius 3 is 3.18 bits per heavy atom. The van der Waals surface area contributed by atoms with Gasteiger partial charge < -0.3 is 4.74 Å². The van der Waals surface area contributed by atoms with Crippen LogP contribution in [0.2, 0.25) is 0 Å². The minimum absolute atomic E-state index is 0.218. The molecule has 1 aliphatic rings. The number of thioether (sulfide) groups is 1. The lowest BCUT2D eigenvalue weighted by atomic mass is 10.2. The molecule has 3 heteroatoms. The minimum atomic E-state index is -0.218. The summed E-state index contributed by atoms with van der Waals surface area (Å²) < 4.78 is 4.81. The molecule has 0 unspecified atom stereocenters. The molecule has 0 aromatic heterocycles. The average Bonchev–Trinajstić information content (AvgIpc) is 2.07. The molecule has 0 spiro atoms. The molecule has 0 aromatic carbocycles. The molecular weight excluding hydrogens is 160 g/mol. The summed E-state index contributed by atoms with van der Waals surface area (Å²) in [6.07, 6.45) is 3.66. The maximum atomic E-state index is 11.0. The van der Waals surface area contributed by atoms with E-state index in [2.05, 4.69) is 0 Å². The van der Waals surface area contributed by atoms with Gasteiger partial charge in [0.25, 0.3) is 0 Å². The van der Waals surface area contributed by atoms with Crippen LogP contribution in [0.3, 0.4) is 0 Å². The fraction of sp³-hybridized carbons (Fsp3) is 0.375. The number of ether oxygens (including phenoxy) is 1. The van der Waals surface area contributed by atoms with Gasteiger partial charge in [-0.15, -0.1) is 11.8 Å². The fourth-order valence-electron chi connectivity index (χ4n) is 0.749. The van der Waals surface area contributed by atoms with Crippen LogP contribution in [0.5, 0.6) is 0 Å². The molecule has 1 heterocycles. The molecule has 1 rings (SSSR count). The highest BCUT2D eigenvalue weighted by molar-refractivity contribution is 8.02. The van der Waals surface area contributed by atoms with Crippen LogP contribution in [0, 0.1) is 0 Å². The number of hydrogen-bond donors (Lipinski definition) is 0. The predicted octanol–water partition coefficient (Wildman–Crippen LogP) is 1.74. The Balaban J connectivity index is 2.52. The SMILES string of the molecule is CCOC(=O)C1=CCSC=C1. The number of hydrogen-bond acceptors (Lipinski definition) is 3. The van der Waals surface area contributed by atoms with E-state index in [-0.39, 0.29) is 5.97 Å². The lowest BCUT2D eigenvalue weighted by Crippen LogP contribution is -2.07. The molecule has 0 bridgehead atoms. The smallest absolute Gasteiger partial charge is 0.337 e. The third kappa shape index (κ3) is 2.42. The Kier molecular flexibility index (Phi) is 3.23. The molecule has 0 radical (unpaired) electrons. The second kappa shape index (κ2) is 4.23. The van der Waals surface area contributed by atoms with Crippen molar-refractivity contribution in [2.24, 2.45) is 0 Å². The second-order valence-electron chi connectivity index (χ2n) is 2.02. The monoisotopic (exact) mass is 170 g/mol. The summed E-state index contributed by atoms with van der Waals surface area (Å²) in [5, 5.41) is 1.91. The van der Waals surface area contributed by atoms with Crippen LogP contribution >= 0.6 is 11.8 Å². The van der Waals surface area contributed by atoms with E-state index in [0.717, 1.165) is 5.75 Å². The third-order valence-corrected chi connectivity index (χ3v) is 1.94. The third-order valence-electron chi connectivity index (χ3n) is 1.25. The minimum Gasteiger partial charge on any atom is -0.462 e. The van der Waals surface area contributed by atoms with E-state index in [4.69, 9.17) is 4.74 Å². The molecule has 0 saturated heterocycles. The zero-order valence-corrected chi connectivity index (χ0v) is 7.19. The van der Waals surface area contributed by atoms with Gasteiger partial charge in [0, 0.05) is 5.75 Å². The summed E-state index contributed by atoms with van der Waals surface area (Å²) in [4.78, 5) is 11.0. The molecule has 1 aliphatic heterocycles. The zero-order chi connectivity index (χ0) is 8.10. The van der Waals surface area contributed by atoms with E-state index in [1.165, 1.54) is 0 Å². The van der Waals surface area contributed by atoms with Gasteiger partial charge in [-0.1, -0.05) is 6.08 Å². The lowest BCUT2D eigenvalue weighted by Gasteiger charge is -2.04. The van der Waals surface area contributed by atoms with Gasteiger partial charge >= 0.3 is 5.97 Å². The standard InChI is InChI=1S/C8H10O2S/c1-2-10-8(9)7-3-5-11-6-4-7/h3-5H,2,6H2,1H3. The topological polar surface area (TPSA) is 26.3 Å². The first-order valence-electron chi connectivity index (χ1n) is 3.50. The molecule has 0 amide bonds. The van der Waals surface area contributed by atoms with Gasteiger partial charge in [-0.05, 0) is 18.4 Å². The van der Waals surface area contributed by atoms with Crippen LogP contribution in [-0.4, -0.2) is 18.3 Å². The number of carbonyl (C=O) groups excluding carboxylic acids is 1. The van der Waals surface area contributed by atoms with Crippen molar-refractivity contribution in [3.63, 3.8) is 0 Å². The van der Waals surface area contributed by atoms with Crippen LogP contribution in [0.1, 0.15) is 6.92 Å². The summed E-state index contributed by atoms with van der Waals surface area (Å²) in [7, 11) is 0. The van der Waals surface area contributed by atoms with Crippen LogP contribution in [0.4, 0.5) is 0 Å². The Labute approximate surface area is 70.3 Å². The van der Waals surface area contributed by atoms with Gasteiger partial charge in [-0.25, -0.2) is 4.79 Å². The van der Waals surface area contributed by atoms with Crippen molar-refractivity contribution in [1.29, 1.82) is 0 Å². The van der Waals surface area contributed by atoms with Gasteiger partial charge in [0.1, 0.15) is 0 Å². The fourth-order valence-corrected chi connectivity index (χ4v) is 1.38. The van der Waals surface area contributed by atoms with Gasteiger partial charge in [0.05, 0.1) is 12.2 Å². The Bertz CT molecular complexity index is 206. The highest BCUT2D eigenvalue weighted by Crippen LogP contribution is 2.14. The Morgan fingerprint density at radius 2 is 2.64 bits per heavy atom. The lowest BCUT2D eigenvalue weighted by molar-refractivity contribution is -0.138. The molecule has 11 heavy (non-hydrogen) atoms. The van der Waals surface area contributed by atoms with Crippen molar-refractivity contribution in [2.75, 3.05) is 12.4 Å². The van der Waals surface area contributed by atoms with E-state index in [1.807, 2.05) is 11.5 Å². The maximum absolute atomic E-state index is 11.0. The summed E-state index contributed by atoms with van der Waals surface area (Å²) in [5.74, 6) is 0.647. The summed E-state index contributed by atoms with van der Waals surface area (Å²) in [6.45, 7) is 2.25. The predicted molar refractivity (Wildman–Crippen MR) is 46.3 cm³/mol. The van der Waals surface area contributed by atoms with Crippen molar-refractivity contribution >= 4 is 17.7 Å². The maximum Gasteiger partial charge on any atom is 0.337 e.